The molecule has 1 aromatic carbocycles. The van der Waals surface area contributed by atoms with Crippen LogP contribution in [0.5, 0.6) is 0 Å². The van der Waals surface area contributed by atoms with Gasteiger partial charge in [0.25, 0.3) is 0 Å². The van der Waals surface area contributed by atoms with E-state index in [1.807, 2.05) is 0 Å². The normalized spacial score (nSPS) is 11.6. The fourth-order valence-electron chi connectivity index (χ4n) is 1.34. The highest BCUT2D eigenvalue weighted by Crippen LogP contribution is 2.10. The van der Waals surface area contributed by atoms with E-state index in [1.54, 1.807) is 35.3 Å². The molecule has 0 aliphatic carbocycles. The standard InChI is InChI=1S/C10H10N3O2S/c1-16(14,15)6-9-2-4-10(5-3-9)13-8-11-7-12-13/h2-5,7-8H,1,6H2. The first-order valence-corrected chi connectivity index (χ1v) is 6.36. The van der Waals surface area contributed by atoms with Crippen molar-refractivity contribution in [3.8, 4) is 5.69 Å². The summed E-state index contributed by atoms with van der Waals surface area (Å²) in [5.41, 5.74) is 1.54. The molecule has 16 heavy (non-hydrogen) atoms. The lowest BCUT2D eigenvalue weighted by atomic mass is 10.2. The fourth-order valence-corrected chi connectivity index (χ4v) is 2.04. The third-order valence-corrected chi connectivity index (χ3v) is 2.78. The lowest BCUT2D eigenvalue weighted by Crippen LogP contribution is -1.99. The molecule has 0 saturated carbocycles. The van der Waals surface area contributed by atoms with Gasteiger partial charge in [0.05, 0.1) is 17.7 Å². The second kappa shape index (κ2) is 4.05. The van der Waals surface area contributed by atoms with Gasteiger partial charge in [-0.25, -0.2) is 18.1 Å². The van der Waals surface area contributed by atoms with Crippen molar-refractivity contribution in [3.63, 3.8) is 0 Å². The molecular weight excluding hydrogens is 226 g/mol. The van der Waals surface area contributed by atoms with Crippen LogP contribution in [0, 0.1) is 6.26 Å². The van der Waals surface area contributed by atoms with Gasteiger partial charge in [-0.2, -0.15) is 5.10 Å². The Bertz CT molecular complexity index is 559. The summed E-state index contributed by atoms with van der Waals surface area (Å²) in [6.45, 7) is 0. The van der Waals surface area contributed by atoms with Gasteiger partial charge in [-0.05, 0) is 17.7 Å². The molecular formula is C10H10N3O2S. The summed E-state index contributed by atoms with van der Waals surface area (Å²) in [5, 5.41) is 3.97. The van der Waals surface area contributed by atoms with Gasteiger partial charge < -0.3 is 0 Å². The van der Waals surface area contributed by atoms with E-state index in [-0.39, 0.29) is 5.75 Å². The summed E-state index contributed by atoms with van der Waals surface area (Å²) >= 11 is 0. The Hall–Kier alpha value is -1.69. The van der Waals surface area contributed by atoms with Gasteiger partial charge in [0.2, 0.25) is 0 Å². The van der Waals surface area contributed by atoms with E-state index in [4.69, 9.17) is 0 Å². The first kappa shape index (κ1) is 10.8. The molecule has 1 radical (unpaired) electrons. The number of rotatable bonds is 3. The van der Waals surface area contributed by atoms with Crippen LogP contribution in [0.3, 0.4) is 0 Å². The minimum atomic E-state index is -3.23. The molecule has 2 aromatic rings. The van der Waals surface area contributed by atoms with Crippen LogP contribution in [0.2, 0.25) is 0 Å². The summed E-state index contributed by atoms with van der Waals surface area (Å²) in [6, 6.07) is 7.05. The van der Waals surface area contributed by atoms with E-state index in [0.29, 0.717) is 5.56 Å². The molecule has 0 atom stereocenters. The lowest BCUT2D eigenvalue weighted by molar-refractivity contribution is 0.603. The number of nitrogens with zero attached hydrogens (tertiary/aromatic N) is 3. The Morgan fingerprint density at radius 1 is 1.25 bits per heavy atom. The Balaban J connectivity index is 2.24. The van der Waals surface area contributed by atoms with Crippen molar-refractivity contribution in [2.24, 2.45) is 0 Å². The summed E-state index contributed by atoms with van der Waals surface area (Å²) in [4.78, 5) is 3.83. The molecule has 6 heteroatoms. The van der Waals surface area contributed by atoms with Crippen molar-refractivity contribution < 1.29 is 8.42 Å². The van der Waals surface area contributed by atoms with Crippen LogP contribution in [0.25, 0.3) is 5.69 Å². The predicted molar refractivity (Wildman–Crippen MR) is 59.3 cm³/mol. The van der Waals surface area contributed by atoms with Crippen LogP contribution in [-0.4, -0.2) is 23.2 Å². The molecule has 1 aromatic heterocycles. The zero-order valence-electron chi connectivity index (χ0n) is 8.44. The van der Waals surface area contributed by atoms with Crippen LogP contribution in [0.1, 0.15) is 5.56 Å². The van der Waals surface area contributed by atoms with Gasteiger partial charge in [0, 0.05) is 0 Å². The molecule has 0 N–H and O–H groups in total. The van der Waals surface area contributed by atoms with Crippen LogP contribution in [0.4, 0.5) is 0 Å². The number of sulfone groups is 1. The molecule has 0 unspecified atom stereocenters. The maximum absolute atomic E-state index is 11.0. The minimum absolute atomic E-state index is 0.0510. The van der Waals surface area contributed by atoms with Gasteiger partial charge in [-0.3, -0.25) is 0 Å². The third kappa shape index (κ3) is 2.66. The van der Waals surface area contributed by atoms with Crippen LogP contribution >= 0.6 is 0 Å². The quantitative estimate of drug-likeness (QED) is 0.796. The van der Waals surface area contributed by atoms with E-state index in [9.17, 15) is 8.42 Å². The second-order valence-corrected chi connectivity index (χ2v) is 5.17. The topological polar surface area (TPSA) is 64.8 Å². The van der Waals surface area contributed by atoms with Crippen molar-refractivity contribution >= 4 is 9.84 Å². The number of hydrogen-bond acceptors (Lipinski definition) is 4. The Morgan fingerprint density at radius 3 is 2.44 bits per heavy atom. The van der Waals surface area contributed by atoms with E-state index in [0.717, 1.165) is 5.69 Å². The minimum Gasteiger partial charge on any atom is -0.228 e. The van der Waals surface area contributed by atoms with Crippen LogP contribution in [0.15, 0.2) is 36.9 Å². The summed E-state index contributed by atoms with van der Waals surface area (Å²) in [7, 11) is -3.23. The van der Waals surface area contributed by atoms with Crippen molar-refractivity contribution in [2.45, 2.75) is 5.75 Å². The van der Waals surface area contributed by atoms with Gasteiger partial charge >= 0.3 is 0 Å². The average Bonchev–Trinajstić information content (AvgIpc) is 2.69. The highest BCUT2D eigenvalue weighted by Gasteiger charge is 2.04. The molecule has 0 amide bonds. The monoisotopic (exact) mass is 236 g/mol. The molecule has 83 valence electrons. The van der Waals surface area contributed by atoms with Crippen molar-refractivity contribution in [1.82, 2.24) is 14.8 Å². The van der Waals surface area contributed by atoms with Crippen LogP contribution in [-0.2, 0) is 15.6 Å². The molecule has 0 bridgehead atoms. The van der Waals surface area contributed by atoms with E-state index >= 15 is 0 Å². The molecule has 0 aliphatic rings. The van der Waals surface area contributed by atoms with Crippen molar-refractivity contribution in [2.75, 3.05) is 0 Å². The van der Waals surface area contributed by atoms with E-state index in [2.05, 4.69) is 16.3 Å². The van der Waals surface area contributed by atoms with Gasteiger partial charge in [0.15, 0.2) is 9.84 Å². The number of hydrogen-bond donors (Lipinski definition) is 0. The maximum Gasteiger partial charge on any atom is 0.155 e. The van der Waals surface area contributed by atoms with E-state index < -0.39 is 9.84 Å². The molecule has 0 saturated heterocycles. The molecule has 5 nitrogen and oxygen atoms in total. The smallest absolute Gasteiger partial charge is 0.155 e. The first-order chi connectivity index (χ1) is 7.54. The SMILES string of the molecule is [CH2]S(=O)(=O)Cc1ccc(-n2cncn2)cc1. The Labute approximate surface area is 93.7 Å². The highest BCUT2D eigenvalue weighted by atomic mass is 32.2. The number of benzene rings is 1. The summed E-state index contributed by atoms with van der Waals surface area (Å²) < 4.78 is 23.6. The zero-order valence-corrected chi connectivity index (χ0v) is 9.26. The van der Waals surface area contributed by atoms with Gasteiger partial charge in [-0.1, -0.05) is 12.1 Å². The number of aromatic nitrogens is 3. The predicted octanol–water partition coefficient (Wildman–Crippen LogP) is 0.974. The maximum atomic E-state index is 11.0. The summed E-state index contributed by atoms with van der Waals surface area (Å²) in [5.74, 6) is -0.0510. The Morgan fingerprint density at radius 2 is 1.94 bits per heavy atom. The molecule has 0 aliphatic heterocycles. The molecule has 1 heterocycles. The zero-order chi connectivity index (χ0) is 11.6. The third-order valence-electron chi connectivity index (χ3n) is 2.01. The first-order valence-electron chi connectivity index (χ1n) is 4.54. The Kier molecular flexibility index (Phi) is 2.74. The molecule has 0 fully saturated rings. The van der Waals surface area contributed by atoms with Gasteiger partial charge in [-0.15, -0.1) is 0 Å². The van der Waals surface area contributed by atoms with Crippen LogP contribution < -0.4 is 0 Å². The van der Waals surface area contributed by atoms with Crippen molar-refractivity contribution in [3.05, 3.63) is 48.7 Å². The summed E-state index contributed by atoms with van der Waals surface area (Å²) in [6.07, 6.45) is 6.10. The largest absolute Gasteiger partial charge is 0.228 e. The average molecular weight is 236 g/mol. The fraction of sp³-hybridized carbons (Fsp3) is 0.100. The van der Waals surface area contributed by atoms with E-state index in [1.165, 1.54) is 6.33 Å². The van der Waals surface area contributed by atoms with Crippen molar-refractivity contribution in [1.29, 1.82) is 0 Å². The van der Waals surface area contributed by atoms with Gasteiger partial charge in [0.1, 0.15) is 12.7 Å². The second-order valence-electron chi connectivity index (χ2n) is 3.39. The molecule has 0 spiro atoms. The molecule has 2 rings (SSSR count). The highest BCUT2D eigenvalue weighted by molar-refractivity contribution is 7.91. The lowest BCUT2D eigenvalue weighted by Gasteiger charge is -2.02.